The van der Waals surface area contributed by atoms with Crippen molar-refractivity contribution in [2.24, 2.45) is 7.05 Å². The summed E-state index contributed by atoms with van der Waals surface area (Å²) in [5.41, 5.74) is 2.72. The maximum atomic E-state index is 13.0. The molecule has 7 heteroatoms. The first kappa shape index (κ1) is 17.9. The number of aryl methyl sites for hydroxylation is 1. The second-order valence-electron chi connectivity index (χ2n) is 5.98. The van der Waals surface area contributed by atoms with Gasteiger partial charge in [0.25, 0.3) is 5.56 Å². The van der Waals surface area contributed by atoms with Crippen LogP contribution < -0.4 is 10.9 Å². The van der Waals surface area contributed by atoms with E-state index in [9.17, 15) is 4.79 Å². The predicted octanol–water partition coefficient (Wildman–Crippen LogP) is 5.26. The largest absolute Gasteiger partial charge is 0.324 e. The molecule has 134 valence electrons. The number of halogens is 2. The SMILES string of the molecule is Cn1c(=O)c(-c2c(Br)cccc2Br)cc2cnc(Nc3ccccc3)nc21. The van der Waals surface area contributed by atoms with Crippen LogP contribution in [0.1, 0.15) is 0 Å². The van der Waals surface area contributed by atoms with E-state index in [4.69, 9.17) is 0 Å². The summed E-state index contributed by atoms with van der Waals surface area (Å²) in [5, 5.41) is 3.94. The molecule has 5 nitrogen and oxygen atoms in total. The van der Waals surface area contributed by atoms with Gasteiger partial charge < -0.3 is 5.32 Å². The van der Waals surface area contributed by atoms with Crippen molar-refractivity contribution in [1.82, 2.24) is 14.5 Å². The molecule has 0 aliphatic heterocycles. The topological polar surface area (TPSA) is 59.8 Å². The lowest BCUT2D eigenvalue weighted by molar-refractivity contribution is 0.887. The lowest BCUT2D eigenvalue weighted by atomic mass is 10.1. The van der Waals surface area contributed by atoms with Crippen LogP contribution in [0.3, 0.4) is 0 Å². The Hall–Kier alpha value is -2.51. The van der Waals surface area contributed by atoms with Crippen LogP contribution in [-0.4, -0.2) is 14.5 Å². The monoisotopic (exact) mass is 484 g/mol. The van der Waals surface area contributed by atoms with Crippen LogP contribution in [0.4, 0.5) is 11.6 Å². The lowest BCUT2D eigenvalue weighted by Crippen LogP contribution is -2.20. The minimum absolute atomic E-state index is 0.125. The van der Waals surface area contributed by atoms with Gasteiger partial charge in [-0.2, -0.15) is 4.98 Å². The molecule has 0 saturated heterocycles. The van der Waals surface area contributed by atoms with Crippen LogP contribution in [-0.2, 0) is 7.05 Å². The van der Waals surface area contributed by atoms with E-state index in [1.54, 1.807) is 17.8 Å². The normalized spacial score (nSPS) is 10.9. The maximum Gasteiger partial charge on any atom is 0.259 e. The number of nitrogens with one attached hydrogen (secondary N) is 1. The number of benzene rings is 2. The molecule has 4 aromatic rings. The number of para-hydroxylation sites is 1. The second kappa shape index (κ2) is 7.25. The number of anilines is 2. The Bertz CT molecular complexity index is 1190. The first-order valence-electron chi connectivity index (χ1n) is 8.18. The van der Waals surface area contributed by atoms with Crippen LogP contribution in [0.2, 0.25) is 0 Å². The Morgan fingerprint density at radius 2 is 1.70 bits per heavy atom. The minimum Gasteiger partial charge on any atom is -0.324 e. The highest BCUT2D eigenvalue weighted by Crippen LogP contribution is 2.34. The molecular weight excluding hydrogens is 472 g/mol. The molecule has 0 bridgehead atoms. The van der Waals surface area contributed by atoms with E-state index in [-0.39, 0.29) is 5.56 Å². The predicted molar refractivity (Wildman–Crippen MR) is 115 cm³/mol. The highest BCUT2D eigenvalue weighted by Gasteiger charge is 2.15. The van der Waals surface area contributed by atoms with Crippen LogP contribution >= 0.6 is 31.9 Å². The summed E-state index contributed by atoms with van der Waals surface area (Å²) in [6.07, 6.45) is 1.72. The van der Waals surface area contributed by atoms with E-state index in [1.807, 2.05) is 54.6 Å². The fraction of sp³-hybridized carbons (Fsp3) is 0.0500. The summed E-state index contributed by atoms with van der Waals surface area (Å²) >= 11 is 7.07. The number of fused-ring (bicyclic) bond motifs is 1. The number of nitrogens with zero attached hydrogens (tertiary/aromatic N) is 3. The van der Waals surface area contributed by atoms with Gasteiger partial charge in [-0.25, -0.2) is 4.98 Å². The van der Waals surface area contributed by atoms with Gasteiger partial charge in [0.2, 0.25) is 5.95 Å². The van der Waals surface area contributed by atoms with Crippen LogP contribution in [0.25, 0.3) is 22.2 Å². The second-order valence-corrected chi connectivity index (χ2v) is 7.69. The fourth-order valence-corrected chi connectivity index (χ4v) is 4.32. The van der Waals surface area contributed by atoms with Crippen molar-refractivity contribution in [3.63, 3.8) is 0 Å². The first-order valence-corrected chi connectivity index (χ1v) is 9.76. The smallest absolute Gasteiger partial charge is 0.259 e. The van der Waals surface area contributed by atoms with Crippen molar-refractivity contribution in [2.45, 2.75) is 0 Å². The van der Waals surface area contributed by atoms with Crippen LogP contribution in [0.15, 0.2) is 74.5 Å². The zero-order valence-electron chi connectivity index (χ0n) is 14.3. The molecule has 0 spiro atoms. The Kier molecular flexibility index (Phi) is 4.80. The van der Waals surface area contributed by atoms with E-state index in [1.165, 1.54) is 0 Å². The summed E-state index contributed by atoms with van der Waals surface area (Å²) in [4.78, 5) is 21.9. The number of aromatic nitrogens is 3. The van der Waals surface area contributed by atoms with Gasteiger partial charge in [0.1, 0.15) is 5.65 Å². The Morgan fingerprint density at radius 3 is 2.41 bits per heavy atom. The van der Waals surface area contributed by atoms with Crippen molar-refractivity contribution >= 4 is 54.5 Å². The third-order valence-corrected chi connectivity index (χ3v) is 5.53. The van der Waals surface area contributed by atoms with Crippen molar-refractivity contribution in [1.29, 1.82) is 0 Å². The van der Waals surface area contributed by atoms with Crippen molar-refractivity contribution in [3.05, 3.63) is 80.1 Å². The highest BCUT2D eigenvalue weighted by atomic mass is 79.9. The quantitative estimate of drug-likeness (QED) is 0.429. The maximum absolute atomic E-state index is 13.0. The van der Waals surface area contributed by atoms with Gasteiger partial charge in [-0.15, -0.1) is 0 Å². The molecule has 0 aliphatic rings. The highest BCUT2D eigenvalue weighted by molar-refractivity contribution is 9.11. The number of pyridine rings is 1. The molecule has 2 aromatic heterocycles. The van der Waals surface area contributed by atoms with Crippen molar-refractivity contribution in [3.8, 4) is 11.1 Å². The zero-order chi connectivity index (χ0) is 19.0. The van der Waals surface area contributed by atoms with Gasteiger partial charge in [-0.3, -0.25) is 9.36 Å². The standard InChI is InChI=1S/C20H14Br2N4O/c1-26-18-12(11-23-20(25-18)24-13-6-3-2-4-7-13)10-14(19(26)27)17-15(21)8-5-9-16(17)22/h2-11H,1H3,(H,23,24,25). The molecule has 0 saturated carbocycles. The molecule has 1 N–H and O–H groups in total. The van der Waals surface area contributed by atoms with E-state index < -0.39 is 0 Å². The average molecular weight is 486 g/mol. The fourth-order valence-electron chi connectivity index (χ4n) is 2.89. The van der Waals surface area contributed by atoms with Crippen LogP contribution in [0, 0.1) is 0 Å². The summed E-state index contributed by atoms with van der Waals surface area (Å²) in [6.45, 7) is 0. The Morgan fingerprint density at radius 1 is 1.00 bits per heavy atom. The molecule has 0 aliphatic carbocycles. The van der Waals surface area contributed by atoms with E-state index in [2.05, 4.69) is 47.1 Å². The van der Waals surface area contributed by atoms with Crippen molar-refractivity contribution in [2.75, 3.05) is 5.32 Å². The van der Waals surface area contributed by atoms with Gasteiger partial charge >= 0.3 is 0 Å². The molecule has 0 radical (unpaired) electrons. The third kappa shape index (κ3) is 3.40. The Balaban J connectivity index is 1.86. The summed E-state index contributed by atoms with van der Waals surface area (Å²) < 4.78 is 3.24. The van der Waals surface area contributed by atoms with Crippen molar-refractivity contribution < 1.29 is 0 Å². The van der Waals surface area contributed by atoms with Crippen LogP contribution in [0.5, 0.6) is 0 Å². The van der Waals surface area contributed by atoms with E-state index in [0.29, 0.717) is 17.2 Å². The lowest BCUT2D eigenvalue weighted by Gasteiger charge is -2.12. The van der Waals surface area contributed by atoms with Gasteiger partial charge in [-0.1, -0.05) is 56.1 Å². The zero-order valence-corrected chi connectivity index (χ0v) is 17.5. The van der Waals surface area contributed by atoms with Gasteiger partial charge in [0.15, 0.2) is 0 Å². The Labute approximate surface area is 172 Å². The molecular formula is C20H14Br2N4O. The van der Waals surface area contributed by atoms with Gasteiger partial charge in [0, 0.05) is 38.8 Å². The molecule has 4 rings (SSSR count). The molecule has 2 heterocycles. The molecule has 0 fully saturated rings. The molecule has 0 unspecified atom stereocenters. The molecule has 2 aromatic carbocycles. The third-order valence-electron chi connectivity index (χ3n) is 4.21. The molecule has 0 atom stereocenters. The average Bonchev–Trinajstić information content (AvgIpc) is 2.67. The molecule has 27 heavy (non-hydrogen) atoms. The van der Waals surface area contributed by atoms with Gasteiger partial charge in [0.05, 0.1) is 5.56 Å². The number of rotatable bonds is 3. The number of hydrogen-bond donors (Lipinski definition) is 1. The summed E-state index contributed by atoms with van der Waals surface area (Å²) in [7, 11) is 1.72. The summed E-state index contributed by atoms with van der Waals surface area (Å²) in [6, 6.07) is 17.2. The van der Waals surface area contributed by atoms with E-state index >= 15 is 0 Å². The van der Waals surface area contributed by atoms with E-state index in [0.717, 1.165) is 25.6 Å². The number of hydrogen-bond acceptors (Lipinski definition) is 4. The first-order chi connectivity index (χ1) is 13.0. The minimum atomic E-state index is -0.125. The summed E-state index contributed by atoms with van der Waals surface area (Å²) in [5.74, 6) is 0.443. The molecule has 0 amide bonds. The van der Waals surface area contributed by atoms with Gasteiger partial charge in [-0.05, 0) is 30.3 Å².